The minimum Gasteiger partial charge on any atom is -0.460 e. The highest BCUT2D eigenvalue weighted by Gasteiger charge is 1.95. The van der Waals surface area contributed by atoms with Gasteiger partial charge in [0.05, 0.1) is 6.21 Å². The lowest BCUT2D eigenvalue weighted by Gasteiger charge is -2.06. The molecule has 1 aromatic heterocycles. The molecule has 0 saturated heterocycles. The van der Waals surface area contributed by atoms with Gasteiger partial charge in [-0.05, 0) is 36.8 Å². The lowest BCUT2D eigenvalue weighted by molar-refractivity contribution is 0.527. The van der Waals surface area contributed by atoms with Crippen LogP contribution < -0.4 is 10.7 Å². The number of hydrogen-bond acceptors (Lipinski definition) is 3. The Morgan fingerprint density at radius 2 is 2.05 bits per heavy atom. The van der Waals surface area contributed by atoms with E-state index in [2.05, 4.69) is 15.8 Å². The van der Waals surface area contributed by atoms with Crippen molar-refractivity contribution in [2.75, 3.05) is 0 Å². The molecule has 0 unspecified atom stereocenters. The largest absolute Gasteiger partial charge is 0.460 e. The molecule has 0 atom stereocenters. The van der Waals surface area contributed by atoms with Crippen LogP contribution >= 0.6 is 12.2 Å². The highest BCUT2D eigenvalue weighted by atomic mass is 32.1. The van der Waals surface area contributed by atoms with Gasteiger partial charge < -0.3 is 9.73 Å². The van der Waals surface area contributed by atoms with Crippen LogP contribution in [0.5, 0.6) is 0 Å². The zero-order valence-electron chi connectivity index (χ0n) is 10.6. The molecular formula is C14H15N3OS. The van der Waals surface area contributed by atoms with E-state index in [0.29, 0.717) is 17.4 Å². The van der Waals surface area contributed by atoms with E-state index in [0.717, 1.165) is 11.3 Å². The Bertz CT molecular complexity index is 563. The highest BCUT2D eigenvalue weighted by molar-refractivity contribution is 7.80. The predicted octanol–water partition coefficient (Wildman–Crippen LogP) is 2.59. The molecule has 2 rings (SSSR count). The maximum absolute atomic E-state index is 5.34. The van der Waals surface area contributed by atoms with Gasteiger partial charge in [0.25, 0.3) is 0 Å². The second-order valence-corrected chi connectivity index (χ2v) is 4.39. The Morgan fingerprint density at radius 1 is 1.26 bits per heavy atom. The summed E-state index contributed by atoms with van der Waals surface area (Å²) >= 11 is 5.11. The molecule has 19 heavy (non-hydrogen) atoms. The molecule has 5 heteroatoms. The van der Waals surface area contributed by atoms with Gasteiger partial charge in [0.1, 0.15) is 11.5 Å². The highest BCUT2D eigenvalue weighted by Crippen LogP contribution is 2.02. The van der Waals surface area contributed by atoms with Crippen LogP contribution in [0.4, 0.5) is 0 Å². The normalized spacial score (nSPS) is 10.6. The van der Waals surface area contributed by atoms with Crippen molar-refractivity contribution in [2.45, 2.75) is 13.5 Å². The number of nitrogens with one attached hydrogen (secondary N) is 2. The van der Waals surface area contributed by atoms with Crippen LogP contribution in [0.3, 0.4) is 0 Å². The molecule has 0 spiro atoms. The fraction of sp³-hybridized carbons (Fsp3) is 0.143. The van der Waals surface area contributed by atoms with Crippen LogP contribution in [-0.4, -0.2) is 11.3 Å². The third-order valence-corrected chi connectivity index (χ3v) is 2.65. The van der Waals surface area contributed by atoms with Crippen LogP contribution in [0.2, 0.25) is 0 Å². The summed E-state index contributed by atoms with van der Waals surface area (Å²) in [6.07, 6.45) is 1.59. The van der Waals surface area contributed by atoms with Gasteiger partial charge in [-0.1, -0.05) is 30.3 Å². The van der Waals surface area contributed by atoms with Crippen molar-refractivity contribution in [1.29, 1.82) is 0 Å². The molecular weight excluding hydrogens is 258 g/mol. The number of nitrogens with zero attached hydrogens (tertiary/aromatic N) is 1. The van der Waals surface area contributed by atoms with Crippen LogP contribution in [0.25, 0.3) is 0 Å². The lowest BCUT2D eigenvalue weighted by Crippen LogP contribution is -2.31. The van der Waals surface area contributed by atoms with E-state index in [-0.39, 0.29) is 0 Å². The molecule has 0 bridgehead atoms. The standard InChI is InChI=1S/C14H15N3OS/c1-11-7-8-13(18-11)10-16-17-14(19)15-9-12-5-3-2-4-6-12/h2-8,10H,9H2,1H3,(H2,15,17,19)/b16-10+. The first-order valence-corrected chi connectivity index (χ1v) is 6.32. The number of furan rings is 1. The zero-order valence-corrected chi connectivity index (χ0v) is 11.4. The average molecular weight is 273 g/mol. The van der Waals surface area contributed by atoms with Crippen molar-refractivity contribution in [2.24, 2.45) is 5.10 Å². The summed E-state index contributed by atoms with van der Waals surface area (Å²) in [6, 6.07) is 13.8. The number of rotatable bonds is 4. The maximum Gasteiger partial charge on any atom is 0.187 e. The number of thiocarbonyl (C=S) groups is 1. The summed E-state index contributed by atoms with van der Waals surface area (Å²) in [7, 11) is 0. The van der Waals surface area contributed by atoms with E-state index in [4.69, 9.17) is 16.6 Å². The van der Waals surface area contributed by atoms with Crippen molar-refractivity contribution in [3.63, 3.8) is 0 Å². The zero-order chi connectivity index (χ0) is 13.5. The third-order valence-electron chi connectivity index (χ3n) is 2.41. The van der Waals surface area contributed by atoms with Crippen LogP contribution in [0.1, 0.15) is 17.1 Å². The second kappa shape index (κ2) is 6.70. The summed E-state index contributed by atoms with van der Waals surface area (Å²) in [5.41, 5.74) is 3.90. The van der Waals surface area contributed by atoms with Crippen LogP contribution in [0.15, 0.2) is 52.0 Å². The van der Waals surface area contributed by atoms with E-state index < -0.39 is 0 Å². The fourth-order valence-corrected chi connectivity index (χ4v) is 1.62. The van der Waals surface area contributed by atoms with E-state index >= 15 is 0 Å². The van der Waals surface area contributed by atoms with Gasteiger partial charge in [-0.2, -0.15) is 5.10 Å². The number of aryl methyl sites for hydroxylation is 1. The number of hydrazone groups is 1. The van der Waals surface area contributed by atoms with Crippen molar-refractivity contribution in [1.82, 2.24) is 10.7 Å². The van der Waals surface area contributed by atoms with E-state index in [1.807, 2.05) is 49.4 Å². The Kier molecular flexibility index (Phi) is 4.69. The predicted molar refractivity (Wildman–Crippen MR) is 80.1 cm³/mol. The third kappa shape index (κ3) is 4.56. The Morgan fingerprint density at radius 3 is 2.74 bits per heavy atom. The van der Waals surface area contributed by atoms with Crippen LogP contribution in [-0.2, 0) is 6.54 Å². The van der Waals surface area contributed by atoms with Gasteiger partial charge in [0, 0.05) is 6.54 Å². The van der Waals surface area contributed by atoms with Crippen molar-refractivity contribution < 1.29 is 4.42 Å². The molecule has 0 radical (unpaired) electrons. The molecule has 1 heterocycles. The Labute approximate surface area is 117 Å². The molecule has 2 N–H and O–H groups in total. The van der Waals surface area contributed by atoms with E-state index in [9.17, 15) is 0 Å². The molecule has 2 aromatic rings. The molecule has 0 aliphatic heterocycles. The molecule has 0 fully saturated rings. The van der Waals surface area contributed by atoms with E-state index in [1.54, 1.807) is 6.21 Å². The molecule has 98 valence electrons. The van der Waals surface area contributed by atoms with Gasteiger partial charge in [-0.3, -0.25) is 5.43 Å². The van der Waals surface area contributed by atoms with Gasteiger partial charge in [-0.25, -0.2) is 0 Å². The van der Waals surface area contributed by atoms with Crippen molar-refractivity contribution in [3.8, 4) is 0 Å². The SMILES string of the molecule is Cc1ccc(/C=N/NC(=S)NCc2ccccc2)o1. The first-order chi connectivity index (χ1) is 9.24. The van der Waals surface area contributed by atoms with Crippen molar-refractivity contribution in [3.05, 3.63) is 59.5 Å². The minimum absolute atomic E-state index is 0.475. The van der Waals surface area contributed by atoms with E-state index in [1.165, 1.54) is 0 Å². The Balaban J connectivity index is 1.74. The molecule has 1 aromatic carbocycles. The molecule has 0 aliphatic rings. The molecule has 4 nitrogen and oxygen atoms in total. The summed E-state index contributed by atoms with van der Waals surface area (Å²) in [6.45, 7) is 2.55. The van der Waals surface area contributed by atoms with Gasteiger partial charge in [-0.15, -0.1) is 0 Å². The number of benzene rings is 1. The van der Waals surface area contributed by atoms with Crippen LogP contribution in [0, 0.1) is 6.92 Å². The van der Waals surface area contributed by atoms with Gasteiger partial charge in [0.15, 0.2) is 5.11 Å². The summed E-state index contributed by atoms with van der Waals surface area (Å²) < 4.78 is 5.34. The topological polar surface area (TPSA) is 49.6 Å². The second-order valence-electron chi connectivity index (χ2n) is 3.99. The molecule has 0 aliphatic carbocycles. The van der Waals surface area contributed by atoms with Crippen molar-refractivity contribution >= 4 is 23.5 Å². The van der Waals surface area contributed by atoms with Gasteiger partial charge in [0.2, 0.25) is 0 Å². The summed E-state index contributed by atoms with van der Waals surface area (Å²) in [5, 5.41) is 7.54. The van der Waals surface area contributed by atoms with Gasteiger partial charge >= 0.3 is 0 Å². The minimum atomic E-state index is 0.475. The summed E-state index contributed by atoms with van der Waals surface area (Å²) in [4.78, 5) is 0. The maximum atomic E-state index is 5.34. The first kappa shape index (κ1) is 13.3. The quantitative estimate of drug-likeness (QED) is 0.511. The average Bonchev–Trinajstić information content (AvgIpc) is 2.83. The molecule has 0 amide bonds. The first-order valence-electron chi connectivity index (χ1n) is 5.91. The smallest absolute Gasteiger partial charge is 0.187 e. The molecule has 0 saturated carbocycles. The Hall–Kier alpha value is -2.14. The number of hydrogen-bond donors (Lipinski definition) is 2. The fourth-order valence-electron chi connectivity index (χ4n) is 1.50. The lowest BCUT2D eigenvalue weighted by atomic mass is 10.2. The summed E-state index contributed by atoms with van der Waals surface area (Å²) in [5.74, 6) is 1.54. The monoisotopic (exact) mass is 273 g/mol.